The lowest BCUT2D eigenvalue weighted by atomic mass is 10.1. The van der Waals surface area contributed by atoms with Gasteiger partial charge < -0.3 is 19.4 Å². The van der Waals surface area contributed by atoms with E-state index in [1.54, 1.807) is 37.2 Å². The second kappa shape index (κ2) is 11.8. The Balaban J connectivity index is 0.000000481. The first-order valence-corrected chi connectivity index (χ1v) is 12.8. The number of methoxy groups -OCH3 is 2. The van der Waals surface area contributed by atoms with Crippen LogP contribution in [0.15, 0.2) is 35.3 Å². The van der Waals surface area contributed by atoms with Crippen molar-refractivity contribution in [1.82, 2.24) is 19.1 Å². The van der Waals surface area contributed by atoms with E-state index in [1.165, 1.54) is 19.0 Å². The largest absolute Gasteiger partial charge is 0.493 e. The van der Waals surface area contributed by atoms with Gasteiger partial charge in [-0.05, 0) is 23.8 Å². The first-order chi connectivity index (χ1) is 16.2. The maximum absolute atomic E-state index is 12.7. The topological polar surface area (TPSA) is 93.1 Å². The number of hydrogen-bond acceptors (Lipinski definition) is 8. The van der Waals surface area contributed by atoms with E-state index in [0.29, 0.717) is 11.5 Å². The fraction of sp³-hybridized carbons (Fsp3) is 0.435. The molecular formula is C23H32N4O5S2. The zero-order valence-corrected chi connectivity index (χ0v) is 21.9. The Kier molecular flexibility index (Phi) is 9.09. The Bertz CT molecular complexity index is 1250. The molecule has 1 fully saturated rings. The number of aromatic nitrogens is 1. The van der Waals surface area contributed by atoms with Gasteiger partial charge in [-0.3, -0.25) is 9.69 Å². The van der Waals surface area contributed by atoms with Crippen LogP contribution in [-0.2, 0) is 24.5 Å². The number of fused-ring (bicyclic) bond motifs is 1. The predicted octanol–water partition coefficient (Wildman–Crippen LogP) is 1.76. The minimum atomic E-state index is -2.33. The molecule has 3 aromatic rings. The average Bonchev–Trinajstić information content (AvgIpc) is 3.25. The molecule has 1 saturated heterocycles. The van der Waals surface area contributed by atoms with Crippen molar-refractivity contribution in [3.8, 4) is 22.6 Å². The SMILES string of the molecule is CN(C)[SH](=O)=O.COc1ccc(-c2cn(C)c(=O)c3cc(CN4CCNCC4)sc23)cc1OC. The van der Waals surface area contributed by atoms with E-state index in [4.69, 9.17) is 9.47 Å². The number of thiophene rings is 1. The molecule has 0 saturated carbocycles. The Hall–Kier alpha value is -2.44. The maximum atomic E-state index is 12.7. The summed E-state index contributed by atoms with van der Waals surface area (Å²) < 4.78 is 34.0. The minimum absolute atomic E-state index is 0.0436. The maximum Gasteiger partial charge on any atom is 0.259 e. The summed E-state index contributed by atoms with van der Waals surface area (Å²) in [5.41, 5.74) is 2.09. The van der Waals surface area contributed by atoms with Gasteiger partial charge >= 0.3 is 0 Å². The predicted molar refractivity (Wildman–Crippen MR) is 138 cm³/mol. The van der Waals surface area contributed by atoms with E-state index in [-0.39, 0.29) is 5.56 Å². The summed E-state index contributed by atoms with van der Waals surface area (Å²) in [6, 6.07) is 7.94. The quantitative estimate of drug-likeness (QED) is 0.490. The molecule has 3 heterocycles. The van der Waals surface area contributed by atoms with Crippen LogP contribution in [0.1, 0.15) is 4.88 Å². The fourth-order valence-electron chi connectivity index (χ4n) is 3.68. The van der Waals surface area contributed by atoms with Gasteiger partial charge in [0.15, 0.2) is 11.5 Å². The van der Waals surface area contributed by atoms with Crippen molar-refractivity contribution in [2.75, 3.05) is 54.5 Å². The summed E-state index contributed by atoms with van der Waals surface area (Å²) in [5, 5.41) is 4.16. The van der Waals surface area contributed by atoms with Crippen molar-refractivity contribution in [1.29, 1.82) is 0 Å². The molecule has 1 aliphatic heterocycles. The molecule has 1 N–H and O–H groups in total. The van der Waals surface area contributed by atoms with E-state index in [9.17, 15) is 13.2 Å². The molecule has 186 valence electrons. The molecule has 9 nitrogen and oxygen atoms in total. The van der Waals surface area contributed by atoms with Crippen molar-refractivity contribution in [2.24, 2.45) is 7.05 Å². The third kappa shape index (κ3) is 6.16. The van der Waals surface area contributed by atoms with Gasteiger partial charge in [0.2, 0.25) is 10.9 Å². The number of nitrogens with zero attached hydrogens (tertiary/aromatic N) is 3. The number of benzene rings is 1. The van der Waals surface area contributed by atoms with Gasteiger partial charge in [-0.1, -0.05) is 6.07 Å². The number of nitrogens with one attached hydrogen (secondary N) is 1. The highest BCUT2D eigenvalue weighted by atomic mass is 32.2. The van der Waals surface area contributed by atoms with E-state index >= 15 is 0 Å². The molecule has 11 heteroatoms. The molecule has 0 amide bonds. The number of rotatable bonds is 6. The molecule has 1 aromatic carbocycles. The standard InChI is InChI=1S/C21H25N3O3S.C2H7NO2S/c1-23-13-17(14-4-5-18(26-2)19(10-14)27-3)20-16(21(23)25)11-15(28-20)12-24-8-6-22-7-9-24;1-3(2)6(4)5/h4-5,10-11,13,22H,6-9,12H2,1-3H3;6H,1-2H3. The van der Waals surface area contributed by atoms with Gasteiger partial charge in [-0.15, -0.1) is 11.3 Å². The van der Waals surface area contributed by atoms with Gasteiger partial charge in [-0.2, -0.15) is 0 Å². The molecule has 0 unspecified atom stereocenters. The summed E-state index contributed by atoms with van der Waals surface area (Å²) in [7, 11) is 5.70. The summed E-state index contributed by atoms with van der Waals surface area (Å²) in [5.74, 6) is 1.37. The summed E-state index contributed by atoms with van der Waals surface area (Å²) >= 11 is 1.71. The third-order valence-electron chi connectivity index (χ3n) is 5.51. The molecule has 4 rings (SSSR count). The van der Waals surface area contributed by atoms with Gasteiger partial charge in [0, 0.05) is 75.2 Å². The van der Waals surface area contributed by atoms with Gasteiger partial charge in [-0.25, -0.2) is 12.7 Å². The van der Waals surface area contributed by atoms with Crippen molar-refractivity contribution >= 4 is 32.3 Å². The zero-order chi connectivity index (χ0) is 24.8. The zero-order valence-electron chi connectivity index (χ0n) is 20.2. The summed E-state index contributed by atoms with van der Waals surface area (Å²) in [6.07, 6.45) is 1.91. The van der Waals surface area contributed by atoms with Crippen molar-refractivity contribution in [3.05, 3.63) is 45.7 Å². The normalized spacial score (nSPS) is 14.3. The molecule has 0 aliphatic carbocycles. The van der Waals surface area contributed by atoms with Crippen LogP contribution < -0.4 is 20.3 Å². The number of aryl methyl sites for hydroxylation is 1. The van der Waals surface area contributed by atoms with Gasteiger partial charge in [0.05, 0.1) is 19.6 Å². The summed E-state index contributed by atoms with van der Waals surface area (Å²) in [6.45, 7) is 4.99. The Morgan fingerprint density at radius 3 is 2.32 bits per heavy atom. The van der Waals surface area contributed by atoms with Crippen LogP contribution in [-0.4, -0.2) is 76.7 Å². The van der Waals surface area contributed by atoms with Crippen LogP contribution in [0.3, 0.4) is 0 Å². The number of ether oxygens (including phenoxy) is 2. The van der Waals surface area contributed by atoms with Crippen LogP contribution >= 0.6 is 11.3 Å². The van der Waals surface area contributed by atoms with Gasteiger partial charge in [0.1, 0.15) is 0 Å². The third-order valence-corrected chi connectivity index (χ3v) is 7.32. The van der Waals surface area contributed by atoms with Crippen LogP contribution in [0.5, 0.6) is 11.5 Å². The Morgan fingerprint density at radius 2 is 1.74 bits per heavy atom. The lowest BCUT2D eigenvalue weighted by Gasteiger charge is -2.26. The van der Waals surface area contributed by atoms with Gasteiger partial charge in [0.25, 0.3) is 5.56 Å². The van der Waals surface area contributed by atoms with E-state index in [2.05, 4.69) is 16.3 Å². The number of thiol groups is 1. The van der Waals surface area contributed by atoms with Crippen LogP contribution in [0.2, 0.25) is 0 Å². The highest BCUT2D eigenvalue weighted by Gasteiger charge is 2.17. The van der Waals surface area contributed by atoms with Crippen molar-refractivity contribution < 1.29 is 17.9 Å². The first kappa shape index (κ1) is 26.2. The highest BCUT2D eigenvalue weighted by molar-refractivity contribution is 7.69. The smallest absolute Gasteiger partial charge is 0.259 e. The Morgan fingerprint density at radius 1 is 1.09 bits per heavy atom. The molecule has 2 aromatic heterocycles. The minimum Gasteiger partial charge on any atom is -0.493 e. The van der Waals surface area contributed by atoms with Crippen LogP contribution in [0.25, 0.3) is 21.2 Å². The van der Waals surface area contributed by atoms with Crippen LogP contribution in [0, 0.1) is 0 Å². The highest BCUT2D eigenvalue weighted by Crippen LogP contribution is 2.37. The molecule has 34 heavy (non-hydrogen) atoms. The molecule has 0 bridgehead atoms. The fourth-order valence-corrected chi connectivity index (χ4v) is 4.90. The molecular weight excluding hydrogens is 476 g/mol. The number of piperazine rings is 1. The second-order valence-corrected chi connectivity index (χ2v) is 10.5. The molecule has 0 radical (unpaired) electrons. The summed E-state index contributed by atoms with van der Waals surface area (Å²) in [4.78, 5) is 16.4. The molecule has 0 spiro atoms. The van der Waals surface area contributed by atoms with E-state index < -0.39 is 10.9 Å². The second-order valence-electron chi connectivity index (χ2n) is 8.10. The molecule has 0 atom stereocenters. The Labute approximate surface area is 205 Å². The lowest BCUT2D eigenvalue weighted by Crippen LogP contribution is -2.42. The average molecular weight is 509 g/mol. The number of hydrogen-bond donors (Lipinski definition) is 2. The monoisotopic (exact) mass is 508 g/mol. The lowest BCUT2D eigenvalue weighted by molar-refractivity contribution is 0.235. The first-order valence-electron chi connectivity index (χ1n) is 10.8. The number of pyridine rings is 1. The van der Waals surface area contributed by atoms with E-state index in [0.717, 1.165) is 58.2 Å². The van der Waals surface area contributed by atoms with Crippen molar-refractivity contribution in [3.63, 3.8) is 0 Å². The van der Waals surface area contributed by atoms with Crippen molar-refractivity contribution in [2.45, 2.75) is 6.54 Å². The van der Waals surface area contributed by atoms with Crippen LogP contribution in [0.4, 0.5) is 0 Å². The van der Waals surface area contributed by atoms with E-state index in [1.807, 2.05) is 24.4 Å². The molecule has 1 aliphatic rings.